The number of carbonyl (C=O) groups excluding carboxylic acids is 1. The minimum atomic E-state index is -4.48. The van der Waals surface area contributed by atoms with Crippen LogP contribution in [0.25, 0.3) is 5.70 Å². The maximum Gasteiger partial charge on any atom is 0.431 e. The lowest BCUT2D eigenvalue weighted by Crippen LogP contribution is -2.43. The van der Waals surface area contributed by atoms with E-state index in [1.807, 2.05) is 5.38 Å². The van der Waals surface area contributed by atoms with Gasteiger partial charge in [-0.3, -0.25) is 20.1 Å². The van der Waals surface area contributed by atoms with Gasteiger partial charge in [-0.1, -0.05) is 6.07 Å². The largest absolute Gasteiger partial charge is 0.431 e. The van der Waals surface area contributed by atoms with Gasteiger partial charge in [0.15, 0.2) is 0 Å². The summed E-state index contributed by atoms with van der Waals surface area (Å²) in [6.07, 6.45) is -2.73. The van der Waals surface area contributed by atoms with E-state index in [9.17, 15) is 26.7 Å². The number of piperidine rings is 1. The summed E-state index contributed by atoms with van der Waals surface area (Å²) in [5.74, 6) is -1.53. The zero-order chi connectivity index (χ0) is 26.3. The second-order valence-corrected chi connectivity index (χ2v) is 10.2. The number of halogens is 5. The number of nitrogens with zero attached hydrogens (tertiary/aromatic N) is 4. The molecule has 37 heavy (non-hydrogen) atoms. The van der Waals surface area contributed by atoms with Crippen molar-refractivity contribution in [2.45, 2.75) is 50.4 Å². The smallest absolute Gasteiger partial charge is 0.341 e. The molecule has 3 aliphatic rings. The van der Waals surface area contributed by atoms with Crippen LogP contribution >= 0.6 is 11.3 Å². The number of alkyl halides is 3. The Morgan fingerprint density at radius 1 is 1.22 bits per heavy atom. The molecule has 0 bridgehead atoms. The molecule has 1 N–H and O–H groups in total. The number of hydrogen-bond acceptors (Lipinski definition) is 7. The molecule has 3 aliphatic heterocycles. The van der Waals surface area contributed by atoms with Crippen molar-refractivity contribution >= 4 is 28.7 Å². The normalized spacial score (nSPS) is 22.8. The van der Waals surface area contributed by atoms with Gasteiger partial charge in [0.05, 0.1) is 28.0 Å². The van der Waals surface area contributed by atoms with E-state index >= 15 is 0 Å². The first-order valence-corrected chi connectivity index (χ1v) is 12.7. The Kier molecular flexibility index (Phi) is 6.92. The molecule has 4 heterocycles. The predicted molar refractivity (Wildman–Crippen MR) is 126 cm³/mol. The monoisotopic (exact) mass is 541 g/mol. The first-order valence-electron chi connectivity index (χ1n) is 11.8. The molecule has 1 saturated heterocycles. The molecule has 0 aliphatic carbocycles. The molecular weight excluding hydrogens is 517 g/mol. The molecule has 1 amide bonds. The van der Waals surface area contributed by atoms with Crippen molar-refractivity contribution in [3.63, 3.8) is 0 Å². The van der Waals surface area contributed by atoms with Crippen LogP contribution in [0.4, 0.5) is 22.0 Å². The summed E-state index contributed by atoms with van der Waals surface area (Å²) in [4.78, 5) is 24.4. The number of hydroxylamine groups is 1. The lowest BCUT2D eigenvalue weighted by molar-refractivity contribution is -0.133. The highest BCUT2D eigenvalue weighted by Gasteiger charge is 2.42. The minimum absolute atomic E-state index is 0.117. The standard InChI is InChI=1S/C24H24F5N5O2S/c1-13-9-20(24(27,28)29)31-34(13)11-21(35)33-7-5-14(6-8-33)23-30-18(12-37-23)17-10-19(36-32-17)22-15(25)3-2-4-16(22)26/h2-4,10,12-14,19,32H,5-9,11H2,1H3. The fourth-order valence-electron chi connectivity index (χ4n) is 4.67. The Hall–Kier alpha value is -3.06. The third-order valence-corrected chi connectivity index (χ3v) is 7.77. The van der Waals surface area contributed by atoms with Crippen molar-refractivity contribution in [1.29, 1.82) is 0 Å². The number of hydrazone groups is 1. The van der Waals surface area contributed by atoms with Gasteiger partial charge in [0.2, 0.25) is 5.91 Å². The first-order chi connectivity index (χ1) is 17.6. The van der Waals surface area contributed by atoms with E-state index in [-0.39, 0.29) is 30.4 Å². The van der Waals surface area contributed by atoms with E-state index in [0.29, 0.717) is 37.3 Å². The molecule has 7 nitrogen and oxygen atoms in total. The van der Waals surface area contributed by atoms with Gasteiger partial charge in [0.1, 0.15) is 30.0 Å². The molecule has 198 valence electrons. The maximum atomic E-state index is 14.1. The Labute approximate surface area is 213 Å². The predicted octanol–water partition coefficient (Wildman–Crippen LogP) is 4.76. The number of thiazole rings is 1. The number of carbonyl (C=O) groups is 1. The molecule has 0 radical (unpaired) electrons. The van der Waals surface area contributed by atoms with Crippen molar-refractivity contribution in [3.05, 3.63) is 57.6 Å². The fraction of sp³-hybridized carbons (Fsp3) is 0.458. The van der Waals surface area contributed by atoms with Gasteiger partial charge in [0.25, 0.3) is 0 Å². The Bertz CT molecular complexity index is 1220. The molecule has 1 aromatic heterocycles. The maximum absolute atomic E-state index is 14.1. The fourth-order valence-corrected chi connectivity index (χ4v) is 5.66. The molecule has 0 spiro atoms. The summed E-state index contributed by atoms with van der Waals surface area (Å²) in [5.41, 5.74) is 2.78. The number of rotatable bonds is 5. The highest BCUT2D eigenvalue weighted by Crippen LogP contribution is 2.35. The van der Waals surface area contributed by atoms with Crippen molar-refractivity contribution in [2.75, 3.05) is 19.6 Å². The summed E-state index contributed by atoms with van der Waals surface area (Å²) in [5, 5.41) is 7.54. The number of benzene rings is 1. The Morgan fingerprint density at radius 2 is 1.92 bits per heavy atom. The number of amides is 1. The number of aromatic nitrogens is 1. The van der Waals surface area contributed by atoms with Crippen LogP contribution in [-0.4, -0.2) is 58.4 Å². The van der Waals surface area contributed by atoms with Crippen LogP contribution in [0.5, 0.6) is 0 Å². The van der Waals surface area contributed by atoms with Crippen LogP contribution in [0.15, 0.2) is 34.8 Å². The average molecular weight is 542 g/mol. The van der Waals surface area contributed by atoms with E-state index in [4.69, 9.17) is 4.84 Å². The summed E-state index contributed by atoms with van der Waals surface area (Å²) in [6.45, 7) is 2.37. The zero-order valence-electron chi connectivity index (χ0n) is 19.8. The van der Waals surface area contributed by atoms with Gasteiger partial charge in [-0.15, -0.1) is 11.3 Å². The van der Waals surface area contributed by atoms with E-state index < -0.39 is 35.7 Å². The highest BCUT2D eigenvalue weighted by atomic mass is 32.1. The Morgan fingerprint density at radius 3 is 2.57 bits per heavy atom. The summed E-state index contributed by atoms with van der Waals surface area (Å²) in [7, 11) is 0. The minimum Gasteiger partial charge on any atom is -0.341 e. The molecule has 2 aromatic rings. The number of hydrogen-bond donors (Lipinski definition) is 1. The Balaban J connectivity index is 1.17. The van der Waals surface area contributed by atoms with E-state index in [1.54, 1.807) is 17.9 Å². The molecule has 2 atom stereocenters. The molecule has 1 fully saturated rings. The van der Waals surface area contributed by atoms with Gasteiger partial charge in [-0.05, 0) is 38.0 Å². The average Bonchev–Trinajstić information content (AvgIpc) is 3.59. The quantitative estimate of drug-likeness (QED) is 0.553. The second-order valence-electron chi connectivity index (χ2n) is 9.28. The topological polar surface area (TPSA) is 70.1 Å². The van der Waals surface area contributed by atoms with Crippen LogP contribution in [0.2, 0.25) is 0 Å². The van der Waals surface area contributed by atoms with Gasteiger partial charge >= 0.3 is 6.18 Å². The lowest BCUT2D eigenvalue weighted by atomic mass is 9.97. The molecule has 2 unspecified atom stereocenters. The number of likely N-dealkylation sites (tertiary alicyclic amines) is 1. The SMILES string of the molecule is CC1CC(C(F)(F)F)=NN1CC(=O)N1CCC(c2nc(C3=CC(c4c(F)cccc4F)ON3)cs2)CC1. The zero-order valence-corrected chi connectivity index (χ0v) is 20.6. The van der Waals surface area contributed by atoms with Gasteiger partial charge in [-0.2, -0.15) is 18.3 Å². The van der Waals surface area contributed by atoms with Gasteiger partial charge in [-0.25, -0.2) is 13.8 Å². The molecule has 0 saturated carbocycles. The van der Waals surface area contributed by atoms with Crippen LogP contribution in [0.1, 0.15) is 54.5 Å². The van der Waals surface area contributed by atoms with Gasteiger partial charge in [0, 0.05) is 30.8 Å². The highest BCUT2D eigenvalue weighted by molar-refractivity contribution is 7.09. The molecular formula is C24H24F5N5O2S. The van der Waals surface area contributed by atoms with Crippen LogP contribution in [0.3, 0.4) is 0 Å². The van der Waals surface area contributed by atoms with E-state index in [1.165, 1.54) is 34.5 Å². The first kappa shape index (κ1) is 25.6. The van der Waals surface area contributed by atoms with Crippen LogP contribution < -0.4 is 5.48 Å². The molecule has 1 aromatic carbocycles. The van der Waals surface area contributed by atoms with Crippen molar-refractivity contribution < 1.29 is 31.6 Å². The summed E-state index contributed by atoms with van der Waals surface area (Å²) in [6, 6.07) is 3.15. The third-order valence-electron chi connectivity index (χ3n) is 6.76. The van der Waals surface area contributed by atoms with Crippen LogP contribution in [-0.2, 0) is 9.63 Å². The lowest BCUT2D eigenvalue weighted by Gasteiger charge is -2.32. The second kappa shape index (κ2) is 10.0. The van der Waals surface area contributed by atoms with Gasteiger partial charge < -0.3 is 4.90 Å². The van der Waals surface area contributed by atoms with Crippen molar-refractivity contribution in [2.24, 2.45) is 5.10 Å². The summed E-state index contributed by atoms with van der Waals surface area (Å²) >= 11 is 1.45. The van der Waals surface area contributed by atoms with E-state index in [2.05, 4.69) is 15.6 Å². The van der Waals surface area contributed by atoms with Crippen molar-refractivity contribution in [1.82, 2.24) is 20.4 Å². The summed E-state index contributed by atoms with van der Waals surface area (Å²) < 4.78 is 67.0. The number of nitrogens with one attached hydrogen (secondary N) is 1. The molecule has 13 heteroatoms. The van der Waals surface area contributed by atoms with E-state index in [0.717, 1.165) is 5.01 Å². The molecule has 5 rings (SSSR count). The van der Waals surface area contributed by atoms with Crippen molar-refractivity contribution in [3.8, 4) is 0 Å². The van der Waals surface area contributed by atoms with Crippen LogP contribution in [0, 0.1) is 11.6 Å². The third kappa shape index (κ3) is 5.33.